The fraction of sp³-hybridized carbons (Fsp3) is 0.400. The van der Waals surface area contributed by atoms with Crippen molar-refractivity contribution in [2.45, 2.75) is 48.4 Å². The number of hydrogen-bond donors (Lipinski definition) is 0. The van der Waals surface area contributed by atoms with Crippen LogP contribution in [0.25, 0.3) is 0 Å². The molecular weight excluding hydrogens is 601 g/mol. The molecule has 2 aliphatic rings. The molecule has 0 spiro atoms. The van der Waals surface area contributed by atoms with Gasteiger partial charge in [-0.1, -0.05) is 78.9 Å². The third-order valence-electron chi connectivity index (χ3n) is 7.90. The molecule has 41 heavy (non-hydrogen) atoms. The molecule has 0 N–H and O–H groups in total. The van der Waals surface area contributed by atoms with E-state index in [1.165, 1.54) is 74.6 Å². The van der Waals surface area contributed by atoms with Crippen molar-refractivity contribution in [3.8, 4) is 0 Å². The van der Waals surface area contributed by atoms with Crippen LogP contribution in [0.3, 0.4) is 0 Å². The molecule has 3 aromatic rings. The average Bonchev–Trinajstić information content (AvgIpc) is 2.95. The summed E-state index contributed by atoms with van der Waals surface area (Å²) < 4.78 is 56.4. The third kappa shape index (κ3) is 6.92. The van der Waals surface area contributed by atoms with Crippen molar-refractivity contribution in [3.63, 3.8) is 0 Å². The van der Waals surface area contributed by atoms with Gasteiger partial charge in [-0.3, -0.25) is 4.90 Å². The molecule has 0 bridgehead atoms. The molecule has 0 radical (unpaired) electrons. The Hall–Kier alpha value is -2.14. The van der Waals surface area contributed by atoms with Gasteiger partial charge in [0.1, 0.15) is 9.79 Å². The van der Waals surface area contributed by atoms with Crippen molar-refractivity contribution < 1.29 is 16.8 Å². The Bertz CT molecular complexity index is 1490. The summed E-state index contributed by atoms with van der Waals surface area (Å²) in [5.41, 5.74) is 0.815. The maximum atomic E-state index is 14.0. The molecule has 2 fully saturated rings. The zero-order valence-electron chi connectivity index (χ0n) is 22.8. The van der Waals surface area contributed by atoms with E-state index in [2.05, 4.69) is 9.80 Å². The molecule has 5 rings (SSSR count). The number of anilines is 1. The van der Waals surface area contributed by atoms with Crippen LogP contribution in [0.5, 0.6) is 0 Å². The smallest absolute Gasteiger partial charge is 0.279 e. The first-order valence-electron chi connectivity index (χ1n) is 14.0. The summed E-state index contributed by atoms with van der Waals surface area (Å²) in [5.74, 6) is 0.804. The van der Waals surface area contributed by atoms with Crippen LogP contribution >= 0.6 is 23.2 Å². The number of sulfonamides is 2. The Kier molecular flexibility index (Phi) is 9.63. The summed E-state index contributed by atoms with van der Waals surface area (Å²) in [7, 11) is -9.29. The summed E-state index contributed by atoms with van der Waals surface area (Å²) in [6, 6.07) is 18.3. The number of hydrogen-bond acceptors (Lipinski definition) is 6. The van der Waals surface area contributed by atoms with Crippen LogP contribution < -0.4 is 3.71 Å². The summed E-state index contributed by atoms with van der Waals surface area (Å²) >= 11 is 12.5. The molecule has 1 heterocycles. The van der Waals surface area contributed by atoms with Crippen molar-refractivity contribution in [1.82, 2.24) is 9.80 Å². The van der Waals surface area contributed by atoms with Crippen molar-refractivity contribution in [3.05, 3.63) is 88.4 Å². The molecule has 0 amide bonds. The van der Waals surface area contributed by atoms with Crippen molar-refractivity contribution in [1.29, 1.82) is 0 Å². The number of nitrogens with zero attached hydrogens (tertiary/aromatic N) is 3. The van der Waals surface area contributed by atoms with Gasteiger partial charge in [0.05, 0.1) is 15.7 Å². The van der Waals surface area contributed by atoms with Crippen molar-refractivity contribution in [2.24, 2.45) is 5.92 Å². The van der Waals surface area contributed by atoms with Gasteiger partial charge < -0.3 is 4.90 Å². The van der Waals surface area contributed by atoms with Gasteiger partial charge in [0.15, 0.2) is 0 Å². The molecule has 1 aliphatic heterocycles. The highest BCUT2D eigenvalue weighted by molar-refractivity contribution is 8.10. The molecule has 0 unspecified atom stereocenters. The van der Waals surface area contributed by atoms with Crippen LogP contribution in [0.2, 0.25) is 10.0 Å². The molecule has 0 aromatic heterocycles. The molecule has 3 aromatic carbocycles. The van der Waals surface area contributed by atoms with E-state index in [4.69, 9.17) is 23.2 Å². The standard InChI is InChI=1S/C30H35Cl2N3O4S2/c31-27-13-4-6-15-29(27)40(36,37)35(41(38,39)30-16-7-5-14-28(30)32)26-12-8-11-25(21-26)23-34-19-17-33(18-20-34)22-24-9-2-1-3-10-24/h4-8,11-16,21,24H,1-3,9-10,17-20,22-23H2. The summed E-state index contributed by atoms with van der Waals surface area (Å²) in [5, 5.41) is -0.150. The Labute approximate surface area is 253 Å². The molecule has 1 saturated heterocycles. The first-order valence-corrected chi connectivity index (χ1v) is 17.6. The molecule has 0 atom stereocenters. The van der Waals surface area contributed by atoms with Crippen LogP contribution in [-0.4, -0.2) is 59.4 Å². The predicted molar refractivity (Wildman–Crippen MR) is 164 cm³/mol. The van der Waals surface area contributed by atoms with Gasteiger partial charge in [0, 0.05) is 39.3 Å². The number of rotatable bonds is 9. The van der Waals surface area contributed by atoms with Gasteiger partial charge in [-0.25, -0.2) is 0 Å². The summed E-state index contributed by atoms with van der Waals surface area (Å²) in [4.78, 5) is 4.26. The van der Waals surface area contributed by atoms with E-state index in [0.717, 1.165) is 44.2 Å². The van der Waals surface area contributed by atoms with Crippen LogP contribution in [0.4, 0.5) is 5.69 Å². The molecule has 7 nitrogen and oxygen atoms in total. The van der Waals surface area contributed by atoms with E-state index >= 15 is 0 Å². The lowest BCUT2D eigenvalue weighted by Gasteiger charge is -2.37. The Morgan fingerprint density at radius 3 is 1.78 bits per heavy atom. The van der Waals surface area contributed by atoms with Crippen LogP contribution in [0.15, 0.2) is 82.6 Å². The lowest BCUT2D eigenvalue weighted by Crippen LogP contribution is -2.47. The second kappa shape index (κ2) is 13.0. The van der Waals surface area contributed by atoms with E-state index in [0.29, 0.717) is 10.3 Å². The van der Waals surface area contributed by atoms with Crippen molar-refractivity contribution >= 4 is 48.9 Å². The summed E-state index contributed by atoms with van der Waals surface area (Å²) in [6.45, 7) is 5.52. The van der Waals surface area contributed by atoms with E-state index in [1.54, 1.807) is 24.3 Å². The minimum atomic E-state index is -4.64. The van der Waals surface area contributed by atoms with Crippen LogP contribution in [0.1, 0.15) is 37.7 Å². The largest absolute Gasteiger partial charge is 0.301 e. The molecule has 11 heteroatoms. The predicted octanol–water partition coefficient (Wildman–Crippen LogP) is 6.28. The number of halogens is 2. The van der Waals surface area contributed by atoms with E-state index in [1.807, 2.05) is 6.07 Å². The number of piperazine rings is 1. The molecular formula is C30H35Cl2N3O4S2. The minimum absolute atomic E-state index is 0.00160. The second-order valence-corrected chi connectivity index (χ2v) is 15.4. The average molecular weight is 637 g/mol. The zero-order chi connectivity index (χ0) is 29.0. The lowest BCUT2D eigenvalue weighted by atomic mass is 9.89. The fourth-order valence-corrected chi connectivity index (χ4v) is 10.4. The number of benzene rings is 3. The highest BCUT2D eigenvalue weighted by Gasteiger charge is 2.39. The highest BCUT2D eigenvalue weighted by atomic mass is 35.5. The maximum absolute atomic E-state index is 14.0. The van der Waals surface area contributed by atoms with E-state index < -0.39 is 20.0 Å². The van der Waals surface area contributed by atoms with E-state index in [-0.39, 0.29) is 25.5 Å². The highest BCUT2D eigenvalue weighted by Crippen LogP contribution is 2.36. The third-order valence-corrected chi connectivity index (χ3v) is 13.1. The van der Waals surface area contributed by atoms with Gasteiger partial charge >= 0.3 is 0 Å². The van der Waals surface area contributed by atoms with Crippen LogP contribution in [0, 0.1) is 5.92 Å². The molecule has 1 saturated carbocycles. The second-order valence-electron chi connectivity index (χ2n) is 10.8. The van der Waals surface area contributed by atoms with Gasteiger partial charge in [0.25, 0.3) is 20.0 Å². The van der Waals surface area contributed by atoms with Gasteiger partial charge in [-0.15, -0.1) is 0 Å². The first-order chi connectivity index (χ1) is 19.7. The molecule has 220 valence electrons. The Morgan fingerprint density at radius 1 is 0.683 bits per heavy atom. The van der Waals surface area contributed by atoms with Crippen molar-refractivity contribution in [2.75, 3.05) is 36.4 Å². The minimum Gasteiger partial charge on any atom is -0.301 e. The summed E-state index contributed by atoms with van der Waals surface area (Å²) in [6.07, 6.45) is 6.71. The normalized spacial score (nSPS) is 17.9. The molecule has 1 aliphatic carbocycles. The van der Waals surface area contributed by atoms with E-state index in [9.17, 15) is 16.8 Å². The monoisotopic (exact) mass is 635 g/mol. The van der Waals surface area contributed by atoms with Gasteiger partial charge in [0.2, 0.25) is 0 Å². The SMILES string of the molecule is O=S(=O)(c1ccccc1Cl)N(c1cccc(CN2CCN(CC3CCCCC3)CC2)c1)S(=O)(=O)c1ccccc1Cl. The van der Waals surface area contributed by atoms with Gasteiger partial charge in [-0.2, -0.15) is 20.5 Å². The zero-order valence-corrected chi connectivity index (χ0v) is 26.0. The lowest BCUT2D eigenvalue weighted by molar-refractivity contribution is 0.105. The quantitative estimate of drug-likeness (QED) is 0.276. The van der Waals surface area contributed by atoms with Crippen LogP contribution in [-0.2, 0) is 26.6 Å². The topological polar surface area (TPSA) is 78.0 Å². The van der Waals surface area contributed by atoms with Gasteiger partial charge in [-0.05, 0) is 60.7 Å². The Morgan fingerprint density at radius 2 is 1.22 bits per heavy atom. The first kappa shape index (κ1) is 30.3. The Balaban J connectivity index is 1.41. The maximum Gasteiger partial charge on any atom is 0.279 e. The fourth-order valence-electron chi connectivity index (χ4n) is 5.78.